The van der Waals surface area contributed by atoms with Gasteiger partial charge < -0.3 is 10.2 Å². The third kappa shape index (κ3) is 2.96. The van der Waals surface area contributed by atoms with Crippen molar-refractivity contribution >= 4 is 11.9 Å². The molecule has 2 N–H and O–H groups in total. The molecule has 0 aliphatic heterocycles. The van der Waals surface area contributed by atoms with Crippen molar-refractivity contribution in [3.8, 4) is 0 Å². The number of carbonyl (C=O) groups is 1. The van der Waals surface area contributed by atoms with Crippen molar-refractivity contribution in [1.29, 1.82) is 0 Å². The van der Waals surface area contributed by atoms with Gasteiger partial charge in [0, 0.05) is 6.42 Å². The van der Waals surface area contributed by atoms with Crippen LogP contribution in [0.15, 0.2) is 59.9 Å². The van der Waals surface area contributed by atoms with Gasteiger partial charge in [0.1, 0.15) is 5.76 Å². The van der Waals surface area contributed by atoms with E-state index in [-0.39, 0.29) is 17.8 Å². The van der Waals surface area contributed by atoms with Gasteiger partial charge in [0.25, 0.3) is 0 Å². The van der Waals surface area contributed by atoms with Crippen LogP contribution in [0, 0.1) is 0 Å². The van der Waals surface area contributed by atoms with E-state index < -0.39 is 11.9 Å². The third-order valence-electron chi connectivity index (χ3n) is 2.59. The Hall–Kier alpha value is -2.13. The Balaban J connectivity index is 2.24. The van der Waals surface area contributed by atoms with E-state index in [4.69, 9.17) is 1.37 Å². The molecule has 92 valence electrons. The molecule has 1 unspecified atom stereocenters. The summed E-state index contributed by atoms with van der Waals surface area (Å²) in [4.78, 5) is 11.7. The third-order valence-corrected chi connectivity index (χ3v) is 2.59. The average molecular weight is 243 g/mol. The molecule has 3 heteroatoms. The lowest BCUT2D eigenvalue weighted by Crippen LogP contribution is -2.17. The Morgan fingerprint density at radius 3 is 2.78 bits per heavy atom. The van der Waals surface area contributed by atoms with E-state index in [0.29, 0.717) is 0 Å². The number of hydrogen-bond acceptors (Lipinski definition) is 3. The van der Waals surface area contributed by atoms with Crippen LogP contribution in [-0.2, 0) is 4.79 Å². The summed E-state index contributed by atoms with van der Waals surface area (Å²) in [5.41, 5.74) is 1.02. The van der Waals surface area contributed by atoms with Crippen LogP contribution in [0.2, 0.25) is 0 Å². The highest BCUT2D eigenvalue weighted by Gasteiger charge is 2.19. The van der Waals surface area contributed by atoms with Crippen LogP contribution < -0.4 is 0 Å². The van der Waals surface area contributed by atoms with Gasteiger partial charge in [-0.3, -0.25) is 4.79 Å². The first-order chi connectivity index (χ1) is 8.98. The minimum atomic E-state index is -1.87. The molecule has 0 radical (unpaired) electrons. The highest BCUT2D eigenvalue weighted by molar-refractivity contribution is 6.00. The minimum Gasteiger partial charge on any atom is -0.507 e. The number of ketones is 1. The van der Waals surface area contributed by atoms with Crippen LogP contribution in [-0.4, -0.2) is 22.1 Å². The maximum atomic E-state index is 11.7. The Bertz CT molecular complexity index is 568. The fraction of sp³-hybridized carbons (Fsp3) is 0.133. The van der Waals surface area contributed by atoms with Crippen LogP contribution in [0.4, 0.5) is 0 Å². The van der Waals surface area contributed by atoms with E-state index in [9.17, 15) is 15.0 Å². The molecule has 1 atom stereocenters. The molecule has 0 spiro atoms. The molecular formula is C15H14O3. The fourth-order valence-corrected chi connectivity index (χ4v) is 1.65. The highest BCUT2D eigenvalue weighted by Crippen LogP contribution is 2.17. The summed E-state index contributed by atoms with van der Waals surface area (Å²) in [7, 11) is 0. The topological polar surface area (TPSA) is 57.5 Å². The molecule has 0 bridgehead atoms. The molecule has 2 rings (SSSR count). The van der Waals surface area contributed by atoms with Crippen molar-refractivity contribution in [3.63, 3.8) is 0 Å². The van der Waals surface area contributed by atoms with Crippen molar-refractivity contribution in [1.82, 2.24) is 0 Å². The molecule has 0 amide bonds. The predicted molar refractivity (Wildman–Crippen MR) is 69.9 cm³/mol. The smallest absolute Gasteiger partial charge is 0.169 e. The first-order valence-corrected chi connectivity index (χ1v) is 5.59. The normalized spacial score (nSPS) is 27.4. The maximum Gasteiger partial charge on any atom is 0.169 e. The second-order valence-electron chi connectivity index (χ2n) is 3.97. The van der Waals surface area contributed by atoms with Gasteiger partial charge in [0.2, 0.25) is 0 Å². The van der Waals surface area contributed by atoms with E-state index in [1.54, 1.807) is 6.08 Å². The largest absolute Gasteiger partial charge is 0.507 e. The SMILES string of the molecule is [2H]C1(O)C=CC(=C(O)/C=C/c2ccccc2)C(=O)C1. The van der Waals surface area contributed by atoms with Crippen LogP contribution in [0.3, 0.4) is 0 Å². The Kier molecular flexibility index (Phi) is 3.34. The van der Waals surface area contributed by atoms with Gasteiger partial charge in [-0.25, -0.2) is 0 Å². The van der Waals surface area contributed by atoms with Crippen molar-refractivity contribution < 1.29 is 16.4 Å². The Morgan fingerprint density at radius 1 is 1.39 bits per heavy atom. The van der Waals surface area contributed by atoms with Crippen molar-refractivity contribution in [2.75, 3.05) is 0 Å². The molecular weight excluding hydrogens is 228 g/mol. The lowest BCUT2D eigenvalue weighted by molar-refractivity contribution is -0.117. The van der Waals surface area contributed by atoms with Gasteiger partial charge in [0.15, 0.2) is 5.78 Å². The average Bonchev–Trinajstić information content (AvgIpc) is 2.36. The van der Waals surface area contributed by atoms with Crippen LogP contribution in [0.1, 0.15) is 13.4 Å². The van der Waals surface area contributed by atoms with Gasteiger partial charge in [-0.05, 0) is 17.7 Å². The van der Waals surface area contributed by atoms with Gasteiger partial charge in [0.05, 0.1) is 13.0 Å². The molecule has 1 aromatic rings. The van der Waals surface area contributed by atoms with Crippen molar-refractivity contribution in [3.05, 3.63) is 65.5 Å². The molecule has 18 heavy (non-hydrogen) atoms. The van der Waals surface area contributed by atoms with Gasteiger partial charge in [-0.2, -0.15) is 0 Å². The molecule has 0 aromatic heterocycles. The molecule has 1 aromatic carbocycles. The van der Waals surface area contributed by atoms with Crippen LogP contribution >= 0.6 is 0 Å². The second-order valence-corrected chi connectivity index (χ2v) is 3.97. The molecule has 1 aliphatic carbocycles. The van der Waals surface area contributed by atoms with E-state index in [1.165, 1.54) is 18.2 Å². The number of aliphatic hydroxyl groups is 2. The van der Waals surface area contributed by atoms with E-state index in [1.807, 2.05) is 30.3 Å². The molecule has 0 fully saturated rings. The highest BCUT2D eigenvalue weighted by atomic mass is 16.3. The van der Waals surface area contributed by atoms with E-state index in [0.717, 1.165) is 5.56 Å². The van der Waals surface area contributed by atoms with Gasteiger partial charge in [-0.1, -0.05) is 42.5 Å². The summed E-state index contributed by atoms with van der Waals surface area (Å²) >= 11 is 0. The predicted octanol–water partition coefficient (Wildman–Crippen LogP) is 2.40. The number of allylic oxidation sites excluding steroid dienone is 3. The maximum absolute atomic E-state index is 11.7. The number of rotatable bonds is 2. The molecule has 1 aliphatic rings. The van der Waals surface area contributed by atoms with Crippen molar-refractivity contribution in [2.45, 2.75) is 12.5 Å². The van der Waals surface area contributed by atoms with Gasteiger partial charge >= 0.3 is 0 Å². The van der Waals surface area contributed by atoms with Crippen LogP contribution in [0.5, 0.6) is 0 Å². The number of hydrogen-bond donors (Lipinski definition) is 2. The number of benzene rings is 1. The summed E-state index contributed by atoms with van der Waals surface area (Å²) in [5, 5.41) is 19.2. The number of aliphatic hydroxyl groups excluding tert-OH is 1. The molecule has 0 heterocycles. The van der Waals surface area contributed by atoms with Crippen molar-refractivity contribution in [2.24, 2.45) is 0 Å². The number of carbonyl (C=O) groups excluding carboxylic acids is 1. The summed E-state index contributed by atoms with van der Waals surface area (Å²) in [6, 6.07) is 9.37. The first-order valence-electron chi connectivity index (χ1n) is 6.09. The zero-order valence-electron chi connectivity index (χ0n) is 10.7. The minimum absolute atomic E-state index is 0.115. The summed E-state index contributed by atoms with van der Waals surface area (Å²) in [6.45, 7) is 0. The second kappa shape index (κ2) is 5.47. The van der Waals surface area contributed by atoms with E-state index in [2.05, 4.69) is 0 Å². The van der Waals surface area contributed by atoms with E-state index >= 15 is 0 Å². The summed E-state index contributed by atoms with van der Waals surface area (Å²) in [5.74, 6) is -0.615. The Labute approximate surface area is 107 Å². The lowest BCUT2D eigenvalue weighted by atomic mass is 9.97. The first kappa shape index (κ1) is 11.0. The summed E-state index contributed by atoms with van der Waals surface area (Å²) in [6.07, 6.45) is 3.37. The quantitative estimate of drug-likeness (QED) is 0.619. The van der Waals surface area contributed by atoms with Gasteiger partial charge in [-0.15, -0.1) is 0 Å². The zero-order valence-corrected chi connectivity index (χ0v) is 9.71. The summed E-state index contributed by atoms with van der Waals surface area (Å²) < 4.78 is 7.35. The fourth-order valence-electron chi connectivity index (χ4n) is 1.65. The standard InChI is InChI=1S/C15H14O3/c16-12-7-8-13(15(18)10-12)14(17)9-6-11-4-2-1-3-5-11/h1-9,12,16-17H,10H2/b9-6+,14-13?/i12D. The molecule has 3 nitrogen and oxygen atoms in total. The molecule has 0 saturated heterocycles. The van der Waals surface area contributed by atoms with Crippen LogP contribution in [0.25, 0.3) is 6.08 Å². The zero-order chi connectivity index (χ0) is 13.9. The number of Topliss-reactive ketones (excluding diaryl/α,β-unsaturated/α-hetero) is 1. The lowest BCUT2D eigenvalue weighted by Gasteiger charge is -2.12. The Morgan fingerprint density at radius 2 is 2.11 bits per heavy atom. The molecule has 0 saturated carbocycles. The monoisotopic (exact) mass is 243 g/mol.